The highest BCUT2D eigenvalue weighted by Crippen LogP contribution is 2.68. The minimum atomic E-state index is -1.74. The molecule has 4 aliphatic rings. The van der Waals surface area contributed by atoms with E-state index in [-0.39, 0.29) is 62.4 Å². The monoisotopic (exact) mass is 746 g/mol. The fraction of sp³-hybridized carbons (Fsp3) is 0.639. The number of aromatic nitrogens is 2. The van der Waals surface area contributed by atoms with Crippen LogP contribution in [0.25, 0.3) is 0 Å². The molecule has 2 unspecified atom stereocenters. The van der Waals surface area contributed by atoms with E-state index in [1.807, 2.05) is 13.0 Å². The van der Waals surface area contributed by atoms with E-state index in [1.54, 1.807) is 29.8 Å². The quantitative estimate of drug-likeness (QED) is 0.150. The van der Waals surface area contributed by atoms with Gasteiger partial charge in [-0.25, -0.2) is 19.4 Å². The summed E-state index contributed by atoms with van der Waals surface area (Å²) >= 11 is 5.85. The largest absolute Gasteiger partial charge is 0.509 e. The Kier molecular flexibility index (Phi) is 11.5. The number of halogens is 1. The number of carbonyl (C=O) groups excluding carboxylic acids is 5. The maximum atomic E-state index is 13.8. The van der Waals surface area contributed by atoms with E-state index >= 15 is 0 Å². The van der Waals surface area contributed by atoms with Crippen LogP contribution in [0.4, 0.5) is 4.79 Å². The molecule has 1 aromatic heterocycles. The number of allylic oxidation sites excluding steroid dienone is 4. The first-order chi connectivity index (χ1) is 24.6. The van der Waals surface area contributed by atoms with Gasteiger partial charge in [-0.2, -0.15) is 0 Å². The lowest BCUT2D eigenvalue weighted by molar-refractivity contribution is -0.206. The molecule has 15 nitrogen and oxygen atoms in total. The molecule has 0 radical (unpaired) electrons. The summed E-state index contributed by atoms with van der Waals surface area (Å²) in [7, 11) is 0. The molecule has 5 rings (SSSR count). The molecule has 0 bridgehead atoms. The van der Waals surface area contributed by atoms with Gasteiger partial charge in [0.15, 0.2) is 11.8 Å². The Morgan fingerprint density at radius 1 is 1.19 bits per heavy atom. The zero-order valence-corrected chi connectivity index (χ0v) is 30.6. The Bertz CT molecular complexity index is 1660. The predicted molar refractivity (Wildman–Crippen MR) is 183 cm³/mol. The van der Waals surface area contributed by atoms with Crippen molar-refractivity contribution in [2.75, 3.05) is 12.7 Å². The number of nitrogens with zero attached hydrogens (tertiary/aromatic N) is 2. The van der Waals surface area contributed by atoms with Crippen LogP contribution in [0.15, 0.2) is 36.3 Å². The van der Waals surface area contributed by atoms with Crippen LogP contribution in [0.1, 0.15) is 71.9 Å². The normalized spacial score (nSPS) is 31.5. The second kappa shape index (κ2) is 15.4. The lowest BCUT2D eigenvalue weighted by atomic mass is 9.46. The van der Waals surface area contributed by atoms with Gasteiger partial charge in [-0.15, -0.1) is 0 Å². The number of hydrogen-bond acceptors (Lipinski definition) is 12. The first-order valence-corrected chi connectivity index (χ1v) is 18.1. The van der Waals surface area contributed by atoms with Crippen molar-refractivity contribution < 1.29 is 52.8 Å². The number of fused-ring (bicyclic) bond motifs is 5. The molecule has 4 aliphatic carbocycles. The van der Waals surface area contributed by atoms with E-state index in [0.717, 1.165) is 5.57 Å². The second-order valence-electron chi connectivity index (χ2n) is 14.6. The Hall–Kier alpha value is -4.24. The van der Waals surface area contributed by atoms with Crippen molar-refractivity contribution in [3.63, 3.8) is 0 Å². The number of aryl methyl sites for hydroxylation is 1. The number of hydrogen-bond donors (Lipinski definition) is 3. The van der Waals surface area contributed by atoms with Crippen LogP contribution >= 0.6 is 11.6 Å². The van der Waals surface area contributed by atoms with E-state index in [1.165, 1.54) is 13.3 Å². The zero-order chi connectivity index (χ0) is 38.0. The molecule has 1 heterocycles. The van der Waals surface area contributed by atoms with Crippen LogP contribution < -0.4 is 11.1 Å². The lowest BCUT2D eigenvalue weighted by Crippen LogP contribution is -2.63. The number of ether oxygens (including phenoxy) is 4. The van der Waals surface area contributed by atoms with Crippen molar-refractivity contribution in [3.05, 3.63) is 42.0 Å². The molecule has 0 aliphatic heterocycles. The summed E-state index contributed by atoms with van der Waals surface area (Å²) in [6, 6.07) is -2.57. The summed E-state index contributed by atoms with van der Waals surface area (Å²) in [5, 5.41) is 12.0. The van der Waals surface area contributed by atoms with E-state index in [4.69, 9.17) is 36.3 Å². The number of imidazole rings is 1. The Balaban J connectivity index is 1.40. The predicted octanol–water partition coefficient (Wildman–Crippen LogP) is 3.21. The molecular weight excluding hydrogens is 700 g/mol. The van der Waals surface area contributed by atoms with Crippen LogP contribution in [0.5, 0.6) is 0 Å². The number of rotatable bonds is 13. The Labute approximate surface area is 306 Å². The maximum Gasteiger partial charge on any atom is 0.509 e. The van der Waals surface area contributed by atoms with Gasteiger partial charge in [-0.1, -0.05) is 37.1 Å². The molecule has 3 fully saturated rings. The van der Waals surface area contributed by atoms with Gasteiger partial charge in [-0.05, 0) is 69.9 Å². The molecule has 1 aromatic rings. The lowest BCUT2D eigenvalue weighted by Gasteiger charge is -2.60. The van der Waals surface area contributed by atoms with Crippen molar-refractivity contribution in [1.29, 1.82) is 0 Å². The number of carboxylic acids is 1. The minimum Gasteiger partial charge on any atom is -0.480 e. The highest BCUT2D eigenvalue weighted by molar-refractivity contribution is 6.17. The number of carbonyl (C=O) groups is 6. The van der Waals surface area contributed by atoms with Crippen molar-refractivity contribution in [2.24, 2.45) is 34.3 Å². The zero-order valence-electron chi connectivity index (χ0n) is 29.8. The SMILES string of the molecule is CCOC(=O)O[C@]1(C(=O)OCCl)CC[C@H]2[C@@H]3CCC4=CC(=O)C=C[C@]4(C)[C@H]3[C@@H](OC(=O)CCn3cnc(CC(NC(=O)C(C)N)C(=O)O)c3)C[C@@]21C. The van der Waals surface area contributed by atoms with Crippen LogP contribution in [0.2, 0.25) is 0 Å². The third kappa shape index (κ3) is 7.34. The fourth-order valence-electron chi connectivity index (χ4n) is 9.18. The summed E-state index contributed by atoms with van der Waals surface area (Å²) < 4.78 is 24.3. The number of esters is 2. The molecule has 0 saturated heterocycles. The average Bonchev–Trinajstić information content (AvgIpc) is 3.65. The van der Waals surface area contributed by atoms with Gasteiger partial charge >= 0.3 is 24.1 Å². The van der Waals surface area contributed by atoms with E-state index in [0.29, 0.717) is 25.0 Å². The molecule has 0 spiro atoms. The molecule has 16 heteroatoms. The van der Waals surface area contributed by atoms with Gasteiger partial charge in [0, 0.05) is 35.9 Å². The van der Waals surface area contributed by atoms with Crippen molar-refractivity contribution in [3.8, 4) is 0 Å². The number of aliphatic carboxylic acids is 1. The van der Waals surface area contributed by atoms with Crippen LogP contribution in [-0.4, -0.2) is 86.9 Å². The van der Waals surface area contributed by atoms with Gasteiger partial charge in [-0.3, -0.25) is 14.4 Å². The standard InChI is InChI=1S/C36H47ClN4O11/c1-5-49-33(48)52-36(32(47)50-18-37)12-9-25-24-7-6-21-14-23(42)8-11-34(21,3)29(24)27(16-35(25,36)4)51-28(43)10-13-41-17-22(39-19-41)15-26(31(45)46)40-30(44)20(2)38/h8,11,14,17,19-20,24-27,29H,5-7,9-10,12-13,15-16,18,38H2,1-4H3,(H,40,44)(H,45,46)/t20?,24-,25-,26?,27-,29+,34-,35-,36-/m0/s1. The number of amides is 1. The minimum absolute atomic E-state index is 0.0335. The van der Waals surface area contributed by atoms with Gasteiger partial charge < -0.3 is 39.7 Å². The number of nitrogens with one attached hydrogen (secondary N) is 1. The third-order valence-corrected chi connectivity index (χ3v) is 11.7. The van der Waals surface area contributed by atoms with Crippen LogP contribution in [0, 0.1) is 28.6 Å². The summed E-state index contributed by atoms with van der Waals surface area (Å²) in [6.07, 6.45) is 8.41. The van der Waals surface area contributed by atoms with Gasteiger partial charge in [0.1, 0.15) is 12.1 Å². The van der Waals surface area contributed by atoms with Gasteiger partial charge in [0.2, 0.25) is 11.5 Å². The topological polar surface area (TPSA) is 215 Å². The Morgan fingerprint density at radius 3 is 2.62 bits per heavy atom. The van der Waals surface area contributed by atoms with Crippen LogP contribution in [0.3, 0.4) is 0 Å². The Morgan fingerprint density at radius 2 is 1.94 bits per heavy atom. The van der Waals surface area contributed by atoms with Crippen molar-refractivity contribution in [2.45, 2.75) is 103 Å². The molecule has 9 atom stereocenters. The van der Waals surface area contributed by atoms with Gasteiger partial charge in [0.25, 0.3) is 0 Å². The molecule has 284 valence electrons. The number of alkyl halides is 1. The first kappa shape index (κ1) is 39.0. The summed E-state index contributed by atoms with van der Waals surface area (Å²) in [5.74, 6) is -3.72. The highest BCUT2D eigenvalue weighted by Gasteiger charge is 2.72. The molecular formula is C36H47ClN4O11. The average molecular weight is 747 g/mol. The van der Waals surface area contributed by atoms with Crippen molar-refractivity contribution >= 4 is 47.4 Å². The van der Waals surface area contributed by atoms with Crippen molar-refractivity contribution in [1.82, 2.24) is 14.9 Å². The highest BCUT2D eigenvalue weighted by atomic mass is 35.5. The summed E-state index contributed by atoms with van der Waals surface area (Å²) in [6.45, 7) is 7.19. The maximum absolute atomic E-state index is 13.8. The molecule has 1 amide bonds. The molecule has 52 heavy (non-hydrogen) atoms. The molecule has 0 aromatic carbocycles. The van der Waals surface area contributed by atoms with Gasteiger partial charge in [0.05, 0.1) is 31.1 Å². The summed E-state index contributed by atoms with van der Waals surface area (Å²) in [4.78, 5) is 80.7. The van der Waals surface area contributed by atoms with E-state index in [9.17, 15) is 33.9 Å². The molecule has 4 N–H and O–H groups in total. The second-order valence-corrected chi connectivity index (χ2v) is 14.8. The van der Waals surface area contributed by atoms with E-state index < -0.39 is 70.7 Å². The summed E-state index contributed by atoms with van der Waals surface area (Å²) in [5.41, 5.74) is 3.53. The number of carboxylic acid groups (broad SMARTS) is 1. The third-order valence-electron chi connectivity index (χ3n) is 11.6. The molecule has 3 saturated carbocycles. The fourth-order valence-corrected chi connectivity index (χ4v) is 9.28. The van der Waals surface area contributed by atoms with Crippen LogP contribution in [-0.2, 0) is 55.9 Å². The van der Waals surface area contributed by atoms with E-state index in [2.05, 4.69) is 17.2 Å². The smallest absolute Gasteiger partial charge is 0.480 e. The number of nitrogens with two attached hydrogens (primary N) is 1. The first-order valence-electron chi connectivity index (χ1n) is 17.6. The number of ketones is 1.